The van der Waals surface area contributed by atoms with Crippen LogP contribution in [0.25, 0.3) is 0 Å². The zero-order chi connectivity index (χ0) is 40.3. The third-order valence-corrected chi connectivity index (χ3v) is 7.82. The Labute approximate surface area is 331 Å². The van der Waals surface area contributed by atoms with Gasteiger partial charge in [-0.3, -0.25) is 14.4 Å². The van der Waals surface area contributed by atoms with Crippen molar-refractivity contribution < 1.29 is 38.8 Å². The van der Waals surface area contributed by atoms with E-state index in [0.29, 0.717) is 19.3 Å². The van der Waals surface area contributed by atoms with E-state index in [2.05, 4.69) is 53.9 Å². The number of methoxy groups -OCH3 is 1. The number of carboxylic acids is 1. The minimum Gasteiger partial charge on any atom is -0.481 e. The zero-order valence-corrected chi connectivity index (χ0v) is 35.6. The molecule has 2 N–H and O–H groups in total. The van der Waals surface area contributed by atoms with Gasteiger partial charge in [0.25, 0.3) is 0 Å². The molecule has 0 aliphatic carbocycles. The van der Waals surface area contributed by atoms with Crippen molar-refractivity contribution in [2.75, 3.05) is 40.6 Å². The first-order valence-corrected chi connectivity index (χ1v) is 21.2. The van der Waals surface area contributed by atoms with Crippen LogP contribution in [0.2, 0.25) is 0 Å². The SMILES string of the molecule is CC(=O)Cl.CCCCCCCOCCCCCCCC#CCCCC(=O)O.CCCCCCCOCCCCCCCC#CCCCC(=O)OC.CO. The van der Waals surface area contributed by atoms with Crippen LogP contribution < -0.4 is 0 Å². The molecule has 0 saturated heterocycles. The number of rotatable bonds is 32. The van der Waals surface area contributed by atoms with E-state index in [1.165, 1.54) is 136 Å². The Kier molecular flexibility index (Phi) is 61.6. The third-order valence-electron chi connectivity index (χ3n) is 7.82. The second-order valence-corrected chi connectivity index (χ2v) is 13.5. The minimum atomic E-state index is -0.729. The summed E-state index contributed by atoms with van der Waals surface area (Å²) in [6.45, 7) is 9.49. The van der Waals surface area contributed by atoms with Crippen LogP contribution in [-0.4, -0.2) is 68.0 Å². The van der Waals surface area contributed by atoms with Gasteiger partial charge in [-0.1, -0.05) is 104 Å². The fourth-order valence-corrected chi connectivity index (χ4v) is 4.82. The Morgan fingerprint density at radius 3 is 1.09 bits per heavy atom. The lowest BCUT2D eigenvalue weighted by Gasteiger charge is -2.04. The number of aliphatic hydroxyl groups is 1. The average molecular weight is 774 g/mol. The smallest absolute Gasteiger partial charge is 0.305 e. The minimum absolute atomic E-state index is 0.141. The molecule has 53 heavy (non-hydrogen) atoms. The summed E-state index contributed by atoms with van der Waals surface area (Å²) < 4.78 is 15.9. The van der Waals surface area contributed by atoms with E-state index >= 15 is 0 Å². The van der Waals surface area contributed by atoms with Crippen molar-refractivity contribution in [1.29, 1.82) is 0 Å². The van der Waals surface area contributed by atoms with Crippen molar-refractivity contribution in [2.45, 2.75) is 201 Å². The van der Waals surface area contributed by atoms with E-state index in [1.807, 2.05) is 0 Å². The second-order valence-electron chi connectivity index (χ2n) is 12.9. The number of aliphatic hydroxyl groups excluding tert-OH is 1. The Morgan fingerprint density at radius 2 is 0.774 bits per heavy atom. The van der Waals surface area contributed by atoms with Gasteiger partial charge >= 0.3 is 11.9 Å². The lowest BCUT2D eigenvalue weighted by Crippen LogP contribution is -1.98. The Morgan fingerprint density at radius 1 is 0.491 bits per heavy atom. The van der Waals surface area contributed by atoms with E-state index < -0.39 is 5.97 Å². The Balaban J connectivity index is -0.000000394. The maximum Gasteiger partial charge on any atom is 0.305 e. The number of unbranched alkanes of at least 4 members (excludes halogenated alkanes) is 20. The molecule has 8 nitrogen and oxygen atoms in total. The van der Waals surface area contributed by atoms with Gasteiger partial charge in [0.05, 0.1) is 7.11 Å². The number of carboxylic acid groups (broad SMARTS) is 1. The largest absolute Gasteiger partial charge is 0.481 e. The summed E-state index contributed by atoms with van der Waals surface area (Å²) in [5.41, 5.74) is 0. The second kappa shape index (κ2) is 56.6. The quantitative estimate of drug-likeness (QED) is 0.0300. The van der Waals surface area contributed by atoms with Crippen LogP contribution >= 0.6 is 11.6 Å². The van der Waals surface area contributed by atoms with Crippen LogP contribution in [0.5, 0.6) is 0 Å². The maximum atomic E-state index is 10.9. The first-order valence-electron chi connectivity index (χ1n) is 20.8. The summed E-state index contributed by atoms with van der Waals surface area (Å²) in [7, 11) is 2.43. The number of carbonyl (C=O) groups excluding carboxylic acids is 2. The molecule has 0 atom stereocenters. The van der Waals surface area contributed by atoms with Crippen molar-refractivity contribution in [3.8, 4) is 23.7 Å². The molecule has 0 saturated carbocycles. The molecule has 0 unspecified atom stereocenters. The number of halogens is 1. The predicted octanol–water partition coefficient (Wildman–Crippen LogP) is 11.6. The average Bonchev–Trinajstić information content (AvgIpc) is 3.14. The fourth-order valence-electron chi connectivity index (χ4n) is 4.82. The summed E-state index contributed by atoms with van der Waals surface area (Å²) in [5, 5.41) is 15.1. The van der Waals surface area contributed by atoms with Crippen molar-refractivity contribution >= 4 is 28.8 Å². The van der Waals surface area contributed by atoms with Gasteiger partial charge in [-0.2, -0.15) is 0 Å². The van der Waals surface area contributed by atoms with E-state index in [-0.39, 0.29) is 17.6 Å². The van der Waals surface area contributed by atoms with Gasteiger partial charge < -0.3 is 24.4 Å². The van der Waals surface area contributed by atoms with Crippen LogP contribution in [0.1, 0.15) is 201 Å². The molecule has 0 aromatic heterocycles. The number of ether oxygens (including phenoxy) is 3. The van der Waals surface area contributed by atoms with Gasteiger partial charge in [0.15, 0.2) is 0 Å². The molecule has 0 bridgehead atoms. The summed E-state index contributed by atoms with van der Waals surface area (Å²) in [6.07, 6.45) is 31.0. The highest BCUT2D eigenvalue weighted by Crippen LogP contribution is 2.08. The summed E-state index contributed by atoms with van der Waals surface area (Å²) in [4.78, 5) is 30.4. The lowest BCUT2D eigenvalue weighted by atomic mass is 10.1. The highest BCUT2D eigenvalue weighted by Gasteiger charge is 1.97. The highest BCUT2D eigenvalue weighted by atomic mass is 35.5. The predicted molar refractivity (Wildman–Crippen MR) is 222 cm³/mol. The molecule has 0 aliphatic rings. The van der Waals surface area contributed by atoms with E-state index in [1.54, 1.807) is 0 Å². The molecule has 0 amide bonds. The van der Waals surface area contributed by atoms with Crippen molar-refractivity contribution in [2.24, 2.45) is 0 Å². The number of aliphatic carboxylic acids is 1. The Hall–Kier alpha value is -2.10. The van der Waals surface area contributed by atoms with Crippen LogP contribution in [0.4, 0.5) is 0 Å². The molecule has 0 rings (SSSR count). The standard InChI is InChI=1S/C21H38O3.C20H36O3.C2H3ClO.CH4O/c1-3-4-5-13-16-19-24-20-17-14-11-9-7-6-8-10-12-15-18-21(22)23-2;1-2-3-4-12-15-18-23-19-16-13-10-8-6-5-7-9-11-14-17-20(21)22;1-2(3)4;1-2/h3-7,9,11-20H2,1-2H3;2-6,8,10-19H2,1H3,(H,21,22);1H3;2H,1H3. The number of carbonyl (C=O) groups is 3. The molecular weight excluding hydrogens is 692 g/mol. The molecular formula is C44H81ClO8. The Bertz CT molecular complexity index is 868. The lowest BCUT2D eigenvalue weighted by molar-refractivity contribution is -0.140. The van der Waals surface area contributed by atoms with Gasteiger partial charge in [0, 0.05) is 79.0 Å². The van der Waals surface area contributed by atoms with E-state index in [9.17, 15) is 14.4 Å². The summed E-state index contributed by atoms with van der Waals surface area (Å²) in [5.74, 6) is 11.6. The molecule has 0 aliphatic heterocycles. The van der Waals surface area contributed by atoms with Gasteiger partial charge in [0.2, 0.25) is 5.24 Å². The van der Waals surface area contributed by atoms with Gasteiger partial charge in [-0.15, -0.1) is 23.7 Å². The topological polar surface area (TPSA) is 119 Å². The molecule has 0 radical (unpaired) electrons. The van der Waals surface area contributed by atoms with E-state index in [4.69, 9.17) is 19.7 Å². The maximum absolute atomic E-state index is 10.9. The number of hydrogen-bond donors (Lipinski definition) is 2. The van der Waals surface area contributed by atoms with Gasteiger partial charge in [0.1, 0.15) is 0 Å². The van der Waals surface area contributed by atoms with Crippen molar-refractivity contribution in [3.05, 3.63) is 0 Å². The summed E-state index contributed by atoms with van der Waals surface area (Å²) >= 11 is 4.64. The monoisotopic (exact) mass is 773 g/mol. The number of hydrogen-bond acceptors (Lipinski definition) is 7. The van der Waals surface area contributed by atoms with Crippen LogP contribution in [0, 0.1) is 23.7 Å². The van der Waals surface area contributed by atoms with Crippen molar-refractivity contribution in [3.63, 3.8) is 0 Å². The normalized spacial score (nSPS) is 9.72. The van der Waals surface area contributed by atoms with Crippen molar-refractivity contribution in [1.82, 2.24) is 0 Å². The van der Waals surface area contributed by atoms with Crippen LogP contribution in [-0.2, 0) is 28.6 Å². The first-order chi connectivity index (χ1) is 25.8. The highest BCUT2D eigenvalue weighted by molar-refractivity contribution is 6.62. The van der Waals surface area contributed by atoms with E-state index in [0.717, 1.165) is 65.6 Å². The fraction of sp³-hybridized carbons (Fsp3) is 0.841. The van der Waals surface area contributed by atoms with Gasteiger partial charge in [-0.05, 0) is 63.0 Å². The first kappa shape index (κ1) is 57.6. The number of esters is 1. The molecule has 312 valence electrons. The molecule has 0 fully saturated rings. The molecule has 9 heteroatoms. The molecule has 0 aromatic carbocycles. The van der Waals surface area contributed by atoms with Gasteiger partial charge in [-0.25, -0.2) is 0 Å². The molecule has 0 spiro atoms. The zero-order valence-electron chi connectivity index (χ0n) is 34.8. The third kappa shape index (κ3) is 71.9. The molecule has 0 aromatic rings. The van der Waals surface area contributed by atoms with Crippen LogP contribution in [0.15, 0.2) is 0 Å². The van der Waals surface area contributed by atoms with Crippen LogP contribution in [0.3, 0.4) is 0 Å². The molecule has 0 heterocycles. The summed E-state index contributed by atoms with van der Waals surface area (Å²) in [6, 6.07) is 0.